The summed E-state index contributed by atoms with van der Waals surface area (Å²) in [5.74, 6) is 0.978. The van der Waals surface area contributed by atoms with Gasteiger partial charge in [0.25, 0.3) is 0 Å². The molecule has 0 aliphatic rings. The molecular weight excluding hydrogens is 186 g/mol. The van der Waals surface area contributed by atoms with Gasteiger partial charge in [-0.2, -0.15) is 0 Å². The minimum atomic E-state index is -2.61. The van der Waals surface area contributed by atoms with Crippen molar-refractivity contribution in [3.63, 3.8) is 0 Å². The van der Waals surface area contributed by atoms with Crippen molar-refractivity contribution in [2.24, 2.45) is 0 Å². The lowest BCUT2D eigenvalue weighted by Gasteiger charge is -2.05. The SMILES string of the molecule is CC[S@@](=N)(=O)c1cccc(OC)c1. The van der Waals surface area contributed by atoms with Crippen LogP contribution in [-0.4, -0.2) is 17.1 Å². The van der Waals surface area contributed by atoms with Gasteiger partial charge in [-0.15, -0.1) is 0 Å². The van der Waals surface area contributed by atoms with Gasteiger partial charge in [0.05, 0.1) is 21.7 Å². The van der Waals surface area contributed by atoms with Crippen LogP contribution in [0.3, 0.4) is 0 Å². The molecule has 13 heavy (non-hydrogen) atoms. The Morgan fingerprint density at radius 3 is 2.77 bits per heavy atom. The average Bonchev–Trinajstić information content (AvgIpc) is 2.18. The highest BCUT2D eigenvalue weighted by Gasteiger charge is 2.07. The van der Waals surface area contributed by atoms with E-state index >= 15 is 0 Å². The average molecular weight is 199 g/mol. The maximum absolute atomic E-state index is 11.6. The second kappa shape index (κ2) is 3.79. The molecule has 1 aromatic rings. The summed E-state index contributed by atoms with van der Waals surface area (Å²) in [6.07, 6.45) is 0. The molecule has 0 unspecified atom stereocenters. The lowest BCUT2D eigenvalue weighted by atomic mass is 10.3. The molecule has 72 valence electrons. The van der Waals surface area contributed by atoms with E-state index in [1.165, 1.54) is 0 Å². The van der Waals surface area contributed by atoms with E-state index in [-0.39, 0.29) is 0 Å². The fraction of sp³-hybridized carbons (Fsp3) is 0.333. The van der Waals surface area contributed by atoms with E-state index in [9.17, 15) is 4.21 Å². The zero-order chi connectivity index (χ0) is 9.90. The van der Waals surface area contributed by atoms with Gasteiger partial charge < -0.3 is 4.74 Å². The Morgan fingerprint density at radius 1 is 1.54 bits per heavy atom. The van der Waals surface area contributed by atoms with Crippen LogP contribution in [0.1, 0.15) is 6.92 Å². The predicted octanol–water partition coefficient (Wildman–Crippen LogP) is 2.12. The van der Waals surface area contributed by atoms with Crippen molar-refractivity contribution >= 4 is 9.73 Å². The lowest BCUT2D eigenvalue weighted by molar-refractivity contribution is 0.413. The summed E-state index contributed by atoms with van der Waals surface area (Å²) in [6.45, 7) is 1.74. The normalized spacial score (nSPS) is 14.9. The summed E-state index contributed by atoms with van der Waals surface area (Å²) in [5.41, 5.74) is 0. The standard InChI is InChI=1S/C9H13NO2S/c1-3-13(10,11)9-6-4-5-8(7-9)12-2/h4-7,10H,3H2,1-2H3/t13-/m1/s1. The van der Waals surface area contributed by atoms with Gasteiger partial charge in [-0.05, 0) is 18.2 Å². The van der Waals surface area contributed by atoms with E-state index in [0.29, 0.717) is 16.4 Å². The Hall–Kier alpha value is -1.03. The van der Waals surface area contributed by atoms with E-state index in [4.69, 9.17) is 9.52 Å². The molecular formula is C9H13NO2S. The van der Waals surface area contributed by atoms with Gasteiger partial charge in [0.2, 0.25) is 0 Å². The number of methoxy groups -OCH3 is 1. The molecule has 1 aromatic carbocycles. The van der Waals surface area contributed by atoms with Gasteiger partial charge in [0, 0.05) is 5.75 Å². The molecule has 0 aromatic heterocycles. The van der Waals surface area contributed by atoms with Gasteiger partial charge in [-0.1, -0.05) is 13.0 Å². The summed E-state index contributed by atoms with van der Waals surface area (Å²) in [6, 6.07) is 6.87. The minimum Gasteiger partial charge on any atom is -0.497 e. The van der Waals surface area contributed by atoms with Gasteiger partial charge in [-0.3, -0.25) is 0 Å². The molecule has 0 aliphatic carbocycles. The molecule has 0 spiro atoms. The van der Waals surface area contributed by atoms with Crippen LogP contribution < -0.4 is 4.74 Å². The largest absolute Gasteiger partial charge is 0.497 e. The van der Waals surface area contributed by atoms with Gasteiger partial charge in [0.15, 0.2) is 0 Å². The zero-order valence-corrected chi connectivity index (χ0v) is 8.56. The smallest absolute Gasteiger partial charge is 0.120 e. The van der Waals surface area contributed by atoms with E-state index in [2.05, 4.69) is 0 Å². The molecule has 1 atom stereocenters. The van der Waals surface area contributed by atoms with Crippen molar-refractivity contribution in [3.8, 4) is 5.75 Å². The van der Waals surface area contributed by atoms with E-state index in [1.54, 1.807) is 38.3 Å². The molecule has 0 amide bonds. The van der Waals surface area contributed by atoms with Gasteiger partial charge >= 0.3 is 0 Å². The summed E-state index contributed by atoms with van der Waals surface area (Å²) >= 11 is 0. The van der Waals surface area contributed by atoms with Crippen LogP contribution >= 0.6 is 0 Å². The van der Waals surface area contributed by atoms with Gasteiger partial charge in [-0.25, -0.2) is 8.99 Å². The van der Waals surface area contributed by atoms with Crippen LogP contribution in [0.4, 0.5) is 0 Å². The Balaban J connectivity index is 3.17. The highest BCUT2D eigenvalue weighted by molar-refractivity contribution is 7.92. The Morgan fingerprint density at radius 2 is 2.23 bits per heavy atom. The van der Waals surface area contributed by atoms with Crippen LogP contribution in [0.15, 0.2) is 29.2 Å². The molecule has 0 saturated carbocycles. The molecule has 3 nitrogen and oxygen atoms in total. The Labute approximate surface area is 78.7 Å². The third kappa shape index (κ3) is 2.21. The molecule has 0 saturated heterocycles. The van der Waals surface area contributed by atoms with Crippen LogP contribution in [-0.2, 0) is 9.73 Å². The van der Waals surface area contributed by atoms with E-state index in [1.807, 2.05) is 0 Å². The van der Waals surface area contributed by atoms with Crippen molar-refractivity contribution in [1.82, 2.24) is 0 Å². The molecule has 0 radical (unpaired) electrons. The number of rotatable bonds is 3. The molecule has 1 N–H and O–H groups in total. The maximum atomic E-state index is 11.6. The molecule has 0 fully saturated rings. The van der Waals surface area contributed by atoms with Crippen LogP contribution in [0.5, 0.6) is 5.75 Å². The summed E-state index contributed by atoms with van der Waals surface area (Å²) in [5, 5.41) is 0. The van der Waals surface area contributed by atoms with Crippen molar-refractivity contribution < 1.29 is 8.95 Å². The highest BCUT2D eigenvalue weighted by Crippen LogP contribution is 2.18. The predicted molar refractivity (Wildman–Crippen MR) is 52.7 cm³/mol. The number of hydrogen-bond acceptors (Lipinski definition) is 3. The van der Waals surface area contributed by atoms with Gasteiger partial charge in [0.1, 0.15) is 5.75 Å². The second-order valence-electron chi connectivity index (χ2n) is 2.64. The molecule has 1 rings (SSSR count). The minimum absolute atomic E-state index is 0.333. The third-order valence-electron chi connectivity index (χ3n) is 1.83. The first-order valence-corrected chi connectivity index (χ1v) is 5.73. The topological polar surface area (TPSA) is 50.2 Å². The molecule has 4 heteroatoms. The summed E-state index contributed by atoms with van der Waals surface area (Å²) < 4.78 is 24.2. The number of benzene rings is 1. The quantitative estimate of drug-likeness (QED) is 0.810. The zero-order valence-electron chi connectivity index (χ0n) is 7.74. The first kappa shape index (κ1) is 10.1. The van der Waals surface area contributed by atoms with Crippen molar-refractivity contribution in [1.29, 1.82) is 4.78 Å². The molecule has 0 heterocycles. The Kier molecular flexibility index (Phi) is 2.93. The highest BCUT2D eigenvalue weighted by atomic mass is 32.2. The number of ether oxygens (including phenoxy) is 1. The monoisotopic (exact) mass is 199 g/mol. The molecule has 0 bridgehead atoms. The number of nitrogens with one attached hydrogen (secondary N) is 1. The van der Waals surface area contributed by atoms with Crippen molar-refractivity contribution in [3.05, 3.63) is 24.3 Å². The van der Waals surface area contributed by atoms with Crippen molar-refractivity contribution in [2.45, 2.75) is 11.8 Å². The van der Waals surface area contributed by atoms with E-state index < -0.39 is 9.73 Å². The lowest BCUT2D eigenvalue weighted by Crippen LogP contribution is -2.01. The van der Waals surface area contributed by atoms with Crippen LogP contribution in [0, 0.1) is 4.78 Å². The summed E-state index contributed by atoms with van der Waals surface area (Å²) in [7, 11) is -1.06. The van der Waals surface area contributed by atoms with E-state index in [0.717, 1.165) is 0 Å². The fourth-order valence-electron chi connectivity index (χ4n) is 0.973. The first-order chi connectivity index (χ1) is 6.10. The Bertz CT molecular complexity index is 384. The fourth-order valence-corrected chi connectivity index (χ4v) is 1.91. The maximum Gasteiger partial charge on any atom is 0.120 e. The van der Waals surface area contributed by atoms with Crippen LogP contribution in [0.2, 0.25) is 0 Å². The van der Waals surface area contributed by atoms with Crippen LogP contribution in [0.25, 0.3) is 0 Å². The molecule has 0 aliphatic heterocycles. The third-order valence-corrected chi connectivity index (χ3v) is 3.66. The van der Waals surface area contributed by atoms with Crippen molar-refractivity contribution in [2.75, 3.05) is 12.9 Å². The summed E-state index contributed by atoms with van der Waals surface area (Å²) in [4.78, 5) is 0.536. The second-order valence-corrected chi connectivity index (χ2v) is 5.04. The first-order valence-electron chi connectivity index (χ1n) is 4.00. The number of hydrogen-bond donors (Lipinski definition) is 1.